The van der Waals surface area contributed by atoms with Crippen LogP contribution in [0.1, 0.15) is 26.2 Å². The summed E-state index contributed by atoms with van der Waals surface area (Å²) in [6.07, 6.45) is 4.86. The third-order valence-corrected chi connectivity index (χ3v) is 4.70. The molecule has 0 aromatic heterocycles. The van der Waals surface area contributed by atoms with Gasteiger partial charge in [0.25, 0.3) is 0 Å². The van der Waals surface area contributed by atoms with Gasteiger partial charge in [0.1, 0.15) is 0 Å². The highest BCUT2D eigenvalue weighted by Gasteiger charge is 2.43. The molecule has 98 valence electrons. The van der Waals surface area contributed by atoms with Gasteiger partial charge in [-0.05, 0) is 38.2 Å². The Balaban J connectivity index is 2.16. The van der Waals surface area contributed by atoms with Crippen molar-refractivity contribution in [3.63, 3.8) is 0 Å². The average molecular weight is 264 g/mol. The van der Waals surface area contributed by atoms with E-state index in [0.29, 0.717) is 0 Å². The van der Waals surface area contributed by atoms with Gasteiger partial charge in [0.15, 0.2) is 0 Å². The average Bonchev–Trinajstić information content (AvgIpc) is 2.71. The molecule has 0 heterocycles. The number of anilines is 1. The molecule has 1 fully saturated rings. The van der Waals surface area contributed by atoms with E-state index in [2.05, 4.69) is 5.32 Å². The van der Waals surface area contributed by atoms with Crippen LogP contribution < -0.4 is 11.1 Å². The molecule has 2 atom stereocenters. The zero-order valence-electron chi connectivity index (χ0n) is 10.9. The minimum atomic E-state index is -0.425. The van der Waals surface area contributed by atoms with E-state index in [0.717, 1.165) is 29.8 Å². The smallest absolute Gasteiger partial charge is 0.231 e. The SMILES string of the molecule is CSc1ccccc1NC(=O)C1(C)CCCC1N. The van der Waals surface area contributed by atoms with E-state index in [1.54, 1.807) is 11.8 Å². The lowest BCUT2D eigenvalue weighted by molar-refractivity contribution is -0.125. The zero-order chi connectivity index (χ0) is 13.2. The largest absolute Gasteiger partial charge is 0.327 e. The van der Waals surface area contributed by atoms with Crippen LogP contribution in [-0.4, -0.2) is 18.2 Å². The fourth-order valence-corrected chi connectivity index (χ4v) is 3.04. The minimum Gasteiger partial charge on any atom is -0.327 e. The van der Waals surface area contributed by atoms with Crippen molar-refractivity contribution in [1.29, 1.82) is 0 Å². The number of hydrogen-bond donors (Lipinski definition) is 2. The first-order valence-electron chi connectivity index (χ1n) is 6.28. The predicted octanol–water partition coefficient (Wildman–Crippen LogP) is 2.86. The van der Waals surface area contributed by atoms with E-state index in [-0.39, 0.29) is 11.9 Å². The van der Waals surface area contributed by atoms with Gasteiger partial charge in [0.2, 0.25) is 5.91 Å². The maximum atomic E-state index is 12.4. The zero-order valence-corrected chi connectivity index (χ0v) is 11.7. The molecular formula is C14H20N2OS. The molecule has 1 aliphatic rings. The van der Waals surface area contributed by atoms with E-state index < -0.39 is 5.41 Å². The van der Waals surface area contributed by atoms with Crippen molar-refractivity contribution in [2.45, 2.75) is 37.1 Å². The van der Waals surface area contributed by atoms with E-state index in [4.69, 9.17) is 5.73 Å². The standard InChI is InChI=1S/C14H20N2OS/c1-14(9-5-8-12(14)15)13(17)16-10-6-3-4-7-11(10)18-2/h3-4,6-7,12H,5,8-9,15H2,1-2H3,(H,16,17). The summed E-state index contributed by atoms with van der Waals surface area (Å²) in [6.45, 7) is 1.97. The molecule has 1 saturated carbocycles. The molecule has 4 heteroatoms. The van der Waals surface area contributed by atoms with Crippen LogP contribution in [0.2, 0.25) is 0 Å². The summed E-state index contributed by atoms with van der Waals surface area (Å²) < 4.78 is 0. The highest BCUT2D eigenvalue weighted by atomic mass is 32.2. The predicted molar refractivity (Wildman–Crippen MR) is 76.8 cm³/mol. The quantitative estimate of drug-likeness (QED) is 0.825. The van der Waals surface area contributed by atoms with Crippen LogP contribution in [-0.2, 0) is 4.79 Å². The third kappa shape index (κ3) is 2.40. The Morgan fingerprint density at radius 2 is 2.22 bits per heavy atom. The molecule has 0 spiro atoms. The van der Waals surface area contributed by atoms with Gasteiger partial charge in [0.05, 0.1) is 11.1 Å². The number of hydrogen-bond acceptors (Lipinski definition) is 3. The van der Waals surface area contributed by atoms with Gasteiger partial charge in [-0.3, -0.25) is 4.79 Å². The maximum Gasteiger partial charge on any atom is 0.231 e. The number of carbonyl (C=O) groups is 1. The minimum absolute atomic E-state index is 0.0288. The summed E-state index contributed by atoms with van der Waals surface area (Å²) in [4.78, 5) is 13.5. The molecule has 1 aromatic rings. The van der Waals surface area contributed by atoms with Crippen LogP contribution >= 0.6 is 11.8 Å². The summed E-state index contributed by atoms with van der Waals surface area (Å²) in [7, 11) is 0. The van der Waals surface area contributed by atoms with E-state index >= 15 is 0 Å². The number of nitrogens with one attached hydrogen (secondary N) is 1. The van der Waals surface area contributed by atoms with Gasteiger partial charge >= 0.3 is 0 Å². The lowest BCUT2D eigenvalue weighted by Gasteiger charge is -2.27. The number of rotatable bonds is 3. The van der Waals surface area contributed by atoms with Crippen molar-refractivity contribution in [3.8, 4) is 0 Å². The summed E-state index contributed by atoms with van der Waals surface area (Å²) in [5.41, 5.74) is 6.53. The number of nitrogens with two attached hydrogens (primary N) is 1. The first-order chi connectivity index (χ1) is 8.58. The molecule has 2 unspecified atom stereocenters. The first-order valence-corrected chi connectivity index (χ1v) is 7.50. The topological polar surface area (TPSA) is 55.1 Å². The molecular weight excluding hydrogens is 244 g/mol. The van der Waals surface area contributed by atoms with E-state index in [1.165, 1.54) is 0 Å². The van der Waals surface area contributed by atoms with Crippen LogP contribution in [0.5, 0.6) is 0 Å². The van der Waals surface area contributed by atoms with Crippen molar-refractivity contribution in [2.75, 3.05) is 11.6 Å². The summed E-state index contributed by atoms with van der Waals surface area (Å²) in [6, 6.07) is 7.83. The van der Waals surface area contributed by atoms with Crippen LogP contribution in [0.3, 0.4) is 0 Å². The van der Waals surface area contributed by atoms with E-state index in [9.17, 15) is 4.79 Å². The van der Waals surface area contributed by atoms with Crippen molar-refractivity contribution in [1.82, 2.24) is 0 Å². The Labute approximate surface area is 113 Å². The highest BCUT2D eigenvalue weighted by molar-refractivity contribution is 7.98. The van der Waals surface area contributed by atoms with Crippen molar-refractivity contribution in [2.24, 2.45) is 11.1 Å². The Morgan fingerprint density at radius 3 is 2.83 bits per heavy atom. The van der Waals surface area contributed by atoms with Gasteiger partial charge in [-0.1, -0.05) is 18.6 Å². The molecule has 3 N–H and O–H groups in total. The molecule has 0 bridgehead atoms. The maximum absolute atomic E-state index is 12.4. The fraction of sp³-hybridized carbons (Fsp3) is 0.500. The van der Waals surface area contributed by atoms with Crippen LogP contribution in [0.4, 0.5) is 5.69 Å². The Bertz CT molecular complexity index is 449. The normalized spacial score (nSPS) is 27.2. The van der Waals surface area contributed by atoms with Crippen LogP contribution in [0.15, 0.2) is 29.2 Å². The van der Waals surface area contributed by atoms with Gasteiger partial charge in [-0.15, -0.1) is 11.8 Å². The van der Waals surface area contributed by atoms with Crippen LogP contribution in [0.25, 0.3) is 0 Å². The summed E-state index contributed by atoms with van der Waals surface area (Å²) >= 11 is 1.63. The van der Waals surface area contributed by atoms with Gasteiger partial charge < -0.3 is 11.1 Å². The molecule has 3 nitrogen and oxygen atoms in total. The summed E-state index contributed by atoms with van der Waals surface area (Å²) in [5, 5.41) is 3.03. The molecule has 1 aromatic carbocycles. The number of benzene rings is 1. The Morgan fingerprint density at radius 1 is 1.50 bits per heavy atom. The van der Waals surface area contributed by atoms with Crippen molar-refractivity contribution >= 4 is 23.4 Å². The fourth-order valence-electron chi connectivity index (χ4n) is 2.49. The Hall–Kier alpha value is -1.00. The number of thioether (sulfide) groups is 1. The van der Waals surface area contributed by atoms with E-state index in [1.807, 2.05) is 37.4 Å². The molecule has 18 heavy (non-hydrogen) atoms. The molecule has 0 aliphatic heterocycles. The summed E-state index contributed by atoms with van der Waals surface area (Å²) in [5.74, 6) is 0.0500. The van der Waals surface area contributed by atoms with Crippen molar-refractivity contribution < 1.29 is 4.79 Å². The lowest BCUT2D eigenvalue weighted by atomic mass is 9.84. The lowest BCUT2D eigenvalue weighted by Crippen LogP contribution is -2.44. The van der Waals surface area contributed by atoms with Crippen molar-refractivity contribution in [3.05, 3.63) is 24.3 Å². The number of carbonyl (C=O) groups excluding carboxylic acids is 1. The molecule has 2 rings (SSSR count). The highest BCUT2D eigenvalue weighted by Crippen LogP contribution is 2.38. The van der Waals surface area contributed by atoms with Crippen LogP contribution in [0, 0.1) is 5.41 Å². The molecule has 0 radical (unpaired) electrons. The second-order valence-electron chi connectivity index (χ2n) is 5.07. The molecule has 1 aliphatic carbocycles. The first kappa shape index (κ1) is 13.4. The monoisotopic (exact) mass is 264 g/mol. The Kier molecular flexibility index (Phi) is 3.97. The second kappa shape index (κ2) is 5.33. The van der Waals surface area contributed by atoms with Gasteiger partial charge in [0, 0.05) is 10.9 Å². The second-order valence-corrected chi connectivity index (χ2v) is 5.92. The number of amides is 1. The third-order valence-electron chi connectivity index (χ3n) is 3.90. The van der Waals surface area contributed by atoms with Gasteiger partial charge in [-0.2, -0.15) is 0 Å². The molecule has 0 saturated heterocycles. The van der Waals surface area contributed by atoms with Gasteiger partial charge in [-0.25, -0.2) is 0 Å². The number of para-hydroxylation sites is 1. The molecule has 1 amide bonds.